The van der Waals surface area contributed by atoms with Gasteiger partial charge in [0.1, 0.15) is 0 Å². The van der Waals surface area contributed by atoms with Crippen LogP contribution in [0.2, 0.25) is 5.02 Å². The van der Waals surface area contributed by atoms with Crippen molar-refractivity contribution in [1.29, 1.82) is 0 Å². The van der Waals surface area contributed by atoms with E-state index in [1.165, 1.54) is 6.07 Å². The van der Waals surface area contributed by atoms with Crippen LogP contribution >= 0.6 is 11.6 Å². The Hall–Kier alpha value is -1.87. The Bertz CT molecular complexity index is 707. The number of hydrogen-bond donors (Lipinski definition) is 1. The van der Waals surface area contributed by atoms with Gasteiger partial charge >= 0.3 is 0 Å². The van der Waals surface area contributed by atoms with Gasteiger partial charge in [0, 0.05) is 28.3 Å². The smallest absolute Gasteiger partial charge is 0.248 e. The molecule has 0 spiro atoms. The van der Waals surface area contributed by atoms with Gasteiger partial charge in [-0.15, -0.1) is 0 Å². The maximum absolute atomic E-state index is 12.5. The minimum Gasteiger partial charge on any atom is -0.325 e. The predicted octanol–water partition coefficient (Wildman–Crippen LogP) is 4.99. The standard InChI is InChI=1S/C15H12ClNO2.2C2H6/c16-12-4-2-1-3-9(12)10-5-7-13-11(15(10)19)6-8-14(18)17-13;2*1-2/h1-4,6,8,10H,5,7H2,(H,17,18);2*1-2H3. The van der Waals surface area contributed by atoms with Crippen molar-refractivity contribution in [3.05, 3.63) is 68.6 Å². The van der Waals surface area contributed by atoms with Crippen molar-refractivity contribution in [3.63, 3.8) is 0 Å². The highest BCUT2D eigenvalue weighted by Crippen LogP contribution is 2.34. The number of aryl methyl sites for hydroxylation is 1. The van der Waals surface area contributed by atoms with Crippen molar-refractivity contribution in [1.82, 2.24) is 4.98 Å². The second-order valence-corrected chi connectivity index (χ2v) is 5.10. The lowest BCUT2D eigenvalue weighted by Gasteiger charge is -2.23. The Morgan fingerprint density at radius 3 is 2.30 bits per heavy atom. The van der Waals surface area contributed by atoms with Gasteiger partial charge in [0.15, 0.2) is 5.78 Å². The lowest BCUT2D eigenvalue weighted by Crippen LogP contribution is -2.24. The molecular formula is C19H24ClNO2. The van der Waals surface area contributed by atoms with Gasteiger partial charge in [-0.1, -0.05) is 57.5 Å². The zero-order valence-corrected chi connectivity index (χ0v) is 14.9. The van der Waals surface area contributed by atoms with Crippen LogP contribution in [0.1, 0.15) is 61.6 Å². The second-order valence-electron chi connectivity index (χ2n) is 4.69. The summed E-state index contributed by atoms with van der Waals surface area (Å²) in [7, 11) is 0. The Labute approximate surface area is 142 Å². The Balaban J connectivity index is 0.000000615. The molecule has 1 aliphatic rings. The Morgan fingerprint density at radius 1 is 1.00 bits per heavy atom. The van der Waals surface area contributed by atoms with Crippen LogP contribution in [0.4, 0.5) is 0 Å². The number of hydrogen-bond acceptors (Lipinski definition) is 2. The van der Waals surface area contributed by atoms with Crippen molar-refractivity contribution in [2.75, 3.05) is 0 Å². The minimum atomic E-state index is -0.216. The lowest BCUT2D eigenvalue weighted by atomic mass is 9.81. The van der Waals surface area contributed by atoms with Gasteiger partial charge in [0.2, 0.25) is 5.56 Å². The number of aromatic nitrogens is 1. The lowest BCUT2D eigenvalue weighted by molar-refractivity contribution is 0.0945. The van der Waals surface area contributed by atoms with E-state index in [0.29, 0.717) is 23.4 Å². The summed E-state index contributed by atoms with van der Waals surface area (Å²) in [5.74, 6) is -0.183. The number of aromatic amines is 1. The molecule has 3 nitrogen and oxygen atoms in total. The van der Waals surface area contributed by atoms with E-state index in [1.54, 1.807) is 12.1 Å². The molecule has 0 saturated heterocycles. The fraction of sp³-hybridized carbons (Fsp3) is 0.368. The molecule has 4 heteroatoms. The fourth-order valence-corrected chi connectivity index (χ4v) is 2.87. The number of rotatable bonds is 1. The number of H-pyrrole nitrogens is 1. The zero-order valence-electron chi connectivity index (χ0n) is 14.2. The van der Waals surface area contributed by atoms with Gasteiger partial charge in [0.05, 0.1) is 0 Å². The molecule has 2 aromatic rings. The molecule has 0 saturated carbocycles. The number of halogens is 1. The van der Waals surface area contributed by atoms with Crippen molar-refractivity contribution in [3.8, 4) is 0 Å². The van der Waals surface area contributed by atoms with E-state index >= 15 is 0 Å². The summed E-state index contributed by atoms with van der Waals surface area (Å²) in [5, 5.41) is 0.619. The summed E-state index contributed by atoms with van der Waals surface area (Å²) < 4.78 is 0. The Morgan fingerprint density at radius 2 is 1.65 bits per heavy atom. The first-order valence-electron chi connectivity index (χ1n) is 8.17. The van der Waals surface area contributed by atoms with Crippen molar-refractivity contribution >= 4 is 17.4 Å². The molecule has 23 heavy (non-hydrogen) atoms. The molecule has 1 unspecified atom stereocenters. The van der Waals surface area contributed by atoms with Gasteiger partial charge in [-0.25, -0.2) is 0 Å². The topological polar surface area (TPSA) is 49.9 Å². The maximum atomic E-state index is 12.5. The number of ketones is 1. The molecule has 1 aliphatic carbocycles. The molecule has 0 bridgehead atoms. The summed E-state index contributed by atoms with van der Waals surface area (Å²) in [4.78, 5) is 26.5. The van der Waals surface area contributed by atoms with E-state index in [9.17, 15) is 9.59 Å². The summed E-state index contributed by atoms with van der Waals surface area (Å²) in [6.07, 6.45) is 1.36. The van der Waals surface area contributed by atoms with E-state index < -0.39 is 0 Å². The highest BCUT2D eigenvalue weighted by Gasteiger charge is 2.30. The van der Waals surface area contributed by atoms with Crippen LogP contribution in [-0.2, 0) is 6.42 Å². The van der Waals surface area contributed by atoms with E-state index in [0.717, 1.165) is 11.3 Å². The SMILES string of the molecule is CC.CC.O=C1c2ccc(=O)[nH]c2CCC1c1ccccc1Cl. The first-order chi connectivity index (χ1) is 11.2. The molecule has 0 amide bonds. The normalized spacial score (nSPS) is 15.5. The molecule has 124 valence electrons. The first kappa shape index (κ1) is 19.2. The van der Waals surface area contributed by atoms with Gasteiger partial charge < -0.3 is 4.98 Å². The van der Waals surface area contributed by atoms with Crippen LogP contribution in [0, 0.1) is 0 Å². The van der Waals surface area contributed by atoms with E-state index in [2.05, 4.69) is 4.98 Å². The van der Waals surface area contributed by atoms with Crippen molar-refractivity contribution in [2.24, 2.45) is 0 Å². The molecule has 1 atom stereocenters. The minimum absolute atomic E-state index is 0.0330. The second kappa shape index (κ2) is 9.31. The highest BCUT2D eigenvalue weighted by molar-refractivity contribution is 6.31. The molecule has 1 aromatic carbocycles. The summed E-state index contributed by atoms with van der Waals surface area (Å²) in [6.45, 7) is 8.00. The summed E-state index contributed by atoms with van der Waals surface area (Å²) in [6, 6.07) is 10.4. The number of benzene rings is 1. The first-order valence-corrected chi connectivity index (χ1v) is 8.55. The van der Waals surface area contributed by atoms with Crippen molar-refractivity contribution < 1.29 is 4.79 Å². The zero-order chi connectivity index (χ0) is 17.4. The average Bonchev–Trinajstić information content (AvgIpc) is 2.60. The molecule has 0 aliphatic heterocycles. The molecule has 0 fully saturated rings. The van der Waals surface area contributed by atoms with Crippen LogP contribution in [0.3, 0.4) is 0 Å². The van der Waals surface area contributed by atoms with Crippen LogP contribution in [0.25, 0.3) is 0 Å². The molecule has 3 rings (SSSR count). The van der Waals surface area contributed by atoms with E-state index in [4.69, 9.17) is 11.6 Å². The monoisotopic (exact) mass is 333 g/mol. The third kappa shape index (κ3) is 4.32. The van der Waals surface area contributed by atoms with Crippen LogP contribution in [0.5, 0.6) is 0 Å². The molecule has 1 heterocycles. The van der Waals surface area contributed by atoms with E-state index in [1.807, 2.05) is 45.9 Å². The molecule has 0 radical (unpaired) electrons. The summed E-state index contributed by atoms with van der Waals surface area (Å²) >= 11 is 6.17. The van der Waals surface area contributed by atoms with Crippen LogP contribution in [-0.4, -0.2) is 10.8 Å². The van der Waals surface area contributed by atoms with Gasteiger partial charge in [0.25, 0.3) is 0 Å². The van der Waals surface area contributed by atoms with Crippen LogP contribution < -0.4 is 5.56 Å². The average molecular weight is 334 g/mol. The van der Waals surface area contributed by atoms with Crippen molar-refractivity contribution in [2.45, 2.75) is 46.5 Å². The highest BCUT2D eigenvalue weighted by atomic mass is 35.5. The number of carbonyl (C=O) groups is 1. The quantitative estimate of drug-likeness (QED) is 0.798. The number of Topliss-reactive ketones (excluding diaryl/α,β-unsaturated/α-hetero) is 1. The third-order valence-corrected chi connectivity index (χ3v) is 3.89. The van der Waals surface area contributed by atoms with E-state index in [-0.39, 0.29) is 17.3 Å². The largest absolute Gasteiger partial charge is 0.325 e. The molecule has 1 N–H and O–H groups in total. The Kier molecular flexibility index (Phi) is 7.76. The molecular weight excluding hydrogens is 310 g/mol. The fourth-order valence-electron chi connectivity index (χ4n) is 2.61. The summed E-state index contributed by atoms with van der Waals surface area (Å²) in [5.41, 5.74) is 2.05. The van der Waals surface area contributed by atoms with Gasteiger partial charge in [-0.3, -0.25) is 9.59 Å². The third-order valence-electron chi connectivity index (χ3n) is 3.55. The number of pyridine rings is 1. The molecule has 1 aromatic heterocycles. The number of carbonyl (C=O) groups excluding carboxylic acids is 1. The predicted molar refractivity (Wildman–Crippen MR) is 96.6 cm³/mol. The number of fused-ring (bicyclic) bond motifs is 1. The number of nitrogens with one attached hydrogen (secondary N) is 1. The van der Waals surface area contributed by atoms with Crippen LogP contribution in [0.15, 0.2) is 41.2 Å². The van der Waals surface area contributed by atoms with Gasteiger partial charge in [-0.2, -0.15) is 0 Å². The maximum Gasteiger partial charge on any atom is 0.248 e. The van der Waals surface area contributed by atoms with Gasteiger partial charge in [-0.05, 0) is 30.5 Å².